The average molecular weight is 288 g/mol. The molecule has 4 atom stereocenters. The SMILES string of the molecule is CCC(C)C1NC(=O)CN(CCC(C)S(C)=O)C1=O. The normalized spacial score (nSPS) is 24.8. The first-order chi connectivity index (χ1) is 8.86. The molecule has 6 heteroatoms. The molecule has 0 saturated carbocycles. The number of nitrogens with zero attached hydrogens (tertiary/aromatic N) is 1. The summed E-state index contributed by atoms with van der Waals surface area (Å²) >= 11 is 0. The van der Waals surface area contributed by atoms with Crippen molar-refractivity contribution in [1.29, 1.82) is 0 Å². The summed E-state index contributed by atoms with van der Waals surface area (Å²) in [6.07, 6.45) is 3.17. The van der Waals surface area contributed by atoms with Crippen LogP contribution in [0.2, 0.25) is 0 Å². The molecule has 0 bridgehead atoms. The highest BCUT2D eigenvalue weighted by Gasteiger charge is 2.35. The second-order valence-corrected chi connectivity index (χ2v) is 7.09. The van der Waals surface area contributed by atoms with E-state index in [1.165, 1.54) is 0 Å². The van der Waals surface area contributed by atoms with Crippen molar-refractivity contribution in [3.8, 4) is 0 Å². The van der Waals surface area contributed by atoms with Crippen LogP contribution >= 0.6 is 0 Å². The van der Waals surface area contributed by atoms with E-state index in [1.807, 2.05) is 20.8 Å². The molecule has 110 valence electrons. The van der Waals surface area contributed by atoms with Crippen LogP contribution in [0.25, 0.3) is 0 Å². The zero-order chi connectivity index (χ0) is 14.6. The fourth-order valence-corrected chi connectivity index (χ4v) is 2.48. The van der Waals surface area contributed by atoms with Crippen LogP contribution < -0.4 is 5.32 Å². The van der Waals surface area contributed by atoms with Gasteiger partial charge in [-0.15, -0.1) is 0 Å². The number of rotatable bonds is 6. The lowest BCUT2D eigenvalue weighted by atomic mass is 9.96. The Kier molecular flexibility index (Phi) is 5.97. The maximum Gasteiger partial charge on any atom is 0.245 e. The van der Waals surface area contributed by atoms with E-state index in [0.29, 0.717) is 13.0 Å². The van der Waals surface area contributed by atoms with E-state index >= 15 is 0 Å². The Morgan fingerprint density at radius 2 is 2.05 bits per heavy atom. The lowest BCUT2D eigenvalue weighted by Gasteiger charge is -2.35. The fourth-order valence-electron chi connectivity index (χ4n) is 2.04. The Bertz CT molecular complexity index is 373. The van der Waals surface area contributed by atoms with Crippen LogP contribution in [0.5, 0.6) is 0 Å². The van der Waals surface area contributed by atoms with Crippen molar-refractivity contribution in [3.63, 3.8) is 0 Å². The molecule has 1 heterocycles. The quantitative estimate of drug-likeness (QED) is 0.775. The molecule has 1 rings (SSSR count). The lowest BCUT2D eigenvalue weighted by Crippen LogP contribution is -2.60. The first-order valence-corrected chi connectivity index (χ1v) is 8.39. The fraction of sp³-hybridized carbons (Fsp3) is 0.846. The van der Waals surface area contributed by atoms with E-state index in [0.717, 1.165) is 6.42 Å². The van der Waals surface area contributed by atoms with Gasteiger partial charge in [-0.2, -0.15) is 0 Å². The standard InChI is InChI=1S/C13H24N2O3S/c1-5-9(2)12-13(17)15(8-11(16)14-12)7-6-10(3)19(4)18/h9-10,12H,5-8H2,1-4H3,(H,14,16). The third-order valence-corrected chi connectivity index (χ3v) is 5.18. The molecule has 0 radical (unpaired) electrons. The van der Waals surface area contributed by atoms with Crippen molar-refractivity contribution in [1.82, 2.24) is 10.2 Å². The molecule has 0 aromatic heterocycles. The molecule has 0 aliphatic carbocycles. The van der Waals surface area contributed by atoms with Crippen LogP contribution in [0.4, 0.5) is 0 Å². The molecule has 0 aromatic carbocycles. The van der Waals surface area contributed by atoms with Crippen molar-refractivity contribution in [2.24, 2.45) is 5.92 Å². The Labute approximate surface area is 117 Å². The minimum absolute atomic E-state index is 0.0111. The molecule has 1 aliphatic rings. The topological polar surface area (TPSA) is 66.5 Å². The van der Waals surface area contributed by atoms with E-state index in [4.69, 9.17) is 0 Å². The summed E-state index contributed by atoms with van der Waals surface area (Å²) < 4.78 is 11.3. The third kappa shape index (κ3) is 4.30. The molecule has 1 N–H and O–H groups in total. The molecular formula is C13H24N2O3S. The number of nitrogens with one attached hydrogen (secondary N) is 1. The minimum atomic E-state index is -0.892. The molecule has 19 heavy (non-hydrogen) atoms. The van der Waals surface area contributed by atoms with Gasteiger partial charge in [0, 0.05) is 28.9 Å². The van der Waals surface area contributed by atoms with Crippen LogP contribution in [0.3, 0.4) is 0 Å². The van der Waals surface area contributed by atoms with E-state index < -0.39 is 16.8 Å². The van der Waals surface area contributed by atoms with Gasteiger partial charge in [-0.1, -0.05) is 27.2 Å². The molecule has 1 fully saturated rings. The predicted octanol–water partition coefficient (Wildman–Crippen LogP) is 0.517. The van der Waals surface area contributed by atoms with Gasteiger partial charge in [-0.25, -0.2) is 0 Å². The molecule has 0 spiro atoms. The van der Waals surface area contributed by atoms with Crippen LogP contribution in [-0.4, -0.2) is 51.6 Å². The number of piperazine rings is 1. The maximum atomic E-state index is 12.3. The highest BCUT2D eigenvalue weighted by molar-refractivity contribution is 7.84. The second kappa shape index (κ2) is 7.03. The Morgan fingerprint density at radius 1 is 1.42 bits per heavy atom. The number of carbonyl (C=O) groups excluding carboxylic acids is 2. The largest absolute Gasteiger partial charge is 0.342 e. The summed E-state index contributed by atoms with van der Waals surface area (Å²) in [4.78, 5) is 25.5. The van der Waals surface area contributed by atoms with Crippen LogP contribution in [-0.2, 0) is 20.4 Å². The minimum Gasteiger partial charge on any atom is -0.342 e. The zero-order valence-electron chi connectivity index (χ0n) is 12.1. The van der Waals surface area contributed by atoms with Gasteiger partial charge < -0.3 is 10.2 Å². The number of amides is 2. The molecule has 4 unspecified atom stereocenters. The number of carbonyl (C=O) groups is 2. The Morgan fingerprint density at radius 3 is 2.58 bits per heavy atom. The average Bonchev–Trinajstić information content (AvgIpc) is 2.37. The van der Waals surface area contributed by atoms with Crippen LogP contribution in [0.15, 0.2) is 0 Å². The van der Waals surface area contributed by atoms with E-state index in [9.17, 15) is 13.8 Å². The van der Waals surface area contributed by atoms with Gasteiger partial charge in [0.25, 0.3) is 0 Å². The monoisotopic (exact) mass is 288 g/mol. The van der Waals surface area contributed by atoms with Gasteiger partial charge in [0.2, 0.25) is 11.8 Å². The molecule has 1 saturated heterocycles. The van der Waals surface area contributed by atoms with Crippen LogP contribution in [0, 0.1) is 5.92 Å². The van der Waals surface area contributed by atoms with Gasteiger partial charge in [-0.05, 0) is 12.3 Å². The zero-order valence-corrected chi connectivity index (χ0v) is 13.0. The molecule has 5 nitrogen and oxygen atoms in total. The summed E-state index contributed by atoms with van der Waals surface area (Å²) in [7, 11) is -0.892. The van der Waals surface area contributed by atoms with Gasteiger partial charge in [-0.3, -0.25) is 13.8 Å². The van der Waals surface area contributed by atoms with E-state index in [1.54, 1.807) is 11.2 Å². The number of hydrogen-bond acceptors (Lipinski definition) is 3. The summed E-state index contributed by atoms with van der Waals surface area (Å²) in [5.74, 6) is 0.0233. The maximum absolute atomic E-state index is 12.3. The summed E-state index contributed by atoms with van der Waals surface area (Å²) in [5.41, 5.74) is 0. The van der Waals surface area contributed by atoms with Crippen molar-refractivity contribution < 1.29 is 13.8 Å². The summed E-state index contributed by atoms with van der Waals surface area (Å²) in [6.45, 7) is 6.49. The molecule has 1 aliphatic heterocycles. The summed E-state index contributed by atoms with van der Waals surface area (Å²) in [5, 5.41) is 2.81. The smallest absolute Gasteiger partial charge is 0.245 e. The van der Waals surface area contributed by atoms with E-state index in [2.05, 4.69) is 5.32 Å². The Hall–Kier alpha value is -0.910. The van der Waals surface area contributed by atoms with Crippen LogP contribution in [0.1, 0.15) is 33.6 Å². The van der Waals surface area contributed by atoms with Gasteiger partial charge in [0.1, 0.15) is 6.04 Å². The van der Waals surface area contributed by atoms with Crippen molar-refractivity contribution in [2.75, 3.05) is 19.3 Å². The van der Waals surface area contributed by atoms with Gasteiger partial charge in [0.15, 0.2) is 0 Å². The molecule has 0 aromatic rings. The molecular weight excluding hydrogens is 264 g/mol. The highest BCUT2D eigenvalue weighted by Crippen LogP contribution is 2.15. The van der Waals surface area contributed by atoms with Crippen molar-refractivity contribution >= 4 is 22.6 Å². The highest BCUT2D eigenvalue weighted by atomic mass is 32.2. The van der Waals surface area contributed by atoms with Crippen molar-refractivity contribution in [3.05, 3.63) is 0 Å². The lowest BCUT2D eigenvalue weighted by molar-refractivity contribution is -0.145. The van der Waals surface area contributed by atoms with Gasteiger partial charge in [0.05, 0.1) is 6.54 Å². The number of hydrogen-bond donors (Lipinski definition) is 1. The first kappa shape index (κ1) is 16.1. The third-order valence-electron chi connectivity index (χ3n) is 3.81. The Balaban J connectivity index is 2.64. The predicted molar refractivity (Wildman–Crippen MR) is 76.1 cm³/mol. The van der Waals surface area contributed by atoms with Gasteiger partial charge >= 0.3 is 0 Å². The summed E-state index contributed by atoms with van der Waals surface area (Å²) in [6, 6.07) is -0.409. The molecule has 2 amide bonds. The van der Waals surface area contributed by atoms with E-state index in [-0.39, 0.29) is 29.5 Å². The second-order valence-electron chi connectivity index (χ2n) is 5.29. The first-order valence-electron chi connectivity index (χ1n) is 6.77. The van der Waals surface area contributed by atoms with Crippen molar-refractivity contribution in [2.45, 2.75) is 44.9 Å².